The predicted octanol–water partition coefficient (Wildman–Crippen LogP) is 4.13. The minimum absolute atomic E-state index is 0.0928. The van der Waals surface area contributed by atoms with Gasteiger partial charge in [0.15, 0.2) is 0 Å². The Bertz CT molecular complexity index is 1160. The Hall–Kier alpha value is -3.71. The summed E-state index contributed by atoms with van der Waals surface area (Å²) < 4.78 is 0. The monoisotopic (exact) mass is 485 g/mol. The van der Waals surface area contributed by atoms with Gasteiger partial charge in [0.05, 0.1) is 11.9 Å². The molecule has 36 heavy (non-hydrogen) atoms. The van der Waals surface area contributed by atoms with E-state index >= 15 is 0 Å². The van der Waals surface area contributed by atoms with Crippen molar-refractivity contribution >= 4 is 23.3 Å². The first-order chi connectivity index (χ1) is 17.3. The van der Waals surface area contributed by atoms with Crippen LogP contribution in [0.2, 0.25) is 0 Å². The highest BCUT2D eigenvalue weighted by Crippen LogP contribution is 2.23. The van der Waals surface area contributed by atoms with Gasteiger partial charge < -0.3 is 20.4 Å². The predicted molar refractivity (Wildman–Crippen MR) is 144 cm³/mol. The van der Waals surface area contributed by atoms with Gasteiger partial charge in [-0.25, -0.2) is 4.98 Å². The summed E-state index contributed by atoms with van der Waals surface area (Å²) in [5, 5.41) is 6.42. The third-order valence-corrected chi connectivity index (χ3v) is 6.88. The highest BCUT2D eigenvalue weighted by atomic mass is 16.2. The maximum absolute atomic E-state index is 13.4. The first-order valence-corrected chi connectivity index (χ1v) is 12.5. The van der Waals surface area contributed by atoms with Gasteiger partial charge in [-0.2, -0.15) is 0 Å². The fourth-order valence-electron chi connectivity index (χ4n) is 4.51. The lowest BCUT2D eigenvalue weighted by Crippen LogP contribution is -2.54. The fourth-order valence-corrected chi connectivity index (χ4v) is 4.51. The van der Waals surface area contributed by atoms with Crippen LogP contribution in [-0.2, 0) is 9.59 Å². The molecule has 3 aromatic rings. The molecule has 7 heteroatoms. The number of anilines is 2. The molecule has 0 aliphatic carbocycles. The molecule has 0 bridgehead atoms. The van der Waals surface area contributed by atoms with E-state index in [1.807, 2.05) is 55.3 Å². The number of benzene rings is 2. The number of amides is 2. The molecule has 0 saturated carbocycles. The van der Waals surface area contributed by atoms with E-state index in [1.54, 1.807) is 17.2 Å². The van der Waals surface area contributed by atoms with Crippen LogP contribution >= 0.6 is 0 Å². The van der Waals surface area contributed by atoms with Crippen molar-refractivity contribution in [3.8, 4) is 0 Å². The minimum Gasteiger partial charge on any atom is -0.357 e. The number of hydrogen-bond acceptors (Lipinski definition) is 5. The zero-order chi connectivity index (χ0) is 25.7. The topological polar surface area (TPSA) is 77.6 Å². The van der Waals surface area contributed by atoms with Crippen LogP contribution in [0.5, 0.6) is 0 Å². The molecule has 1 fully saturated rings. The first kappa shape index (κ1) is 25.4. The second-order valence-electron chi connectivity index (χ2n) is 9.58. The van der Waals surface area contributed by atoms with Gasteiger partial charge in [0.2, 0.25) is 11.8 Å². The number of nitrogens with zero attached hydrogens (tertiary/aromatic N) is 3. The number of piperazine rings is 1. The molecule has 2 aromatic carbocycles. The summed E-state index contributed by atoms with van der Waals surface area (Å²) in [6, 6.07) is 21.2. The quantitative estimate of drug-likeness (QED) is 0.502. The Kier molecular flexibility index (Phi) is 8.00. The van der Waals surface area contributed by atoms with Gasteiger partial charge in [-0.05, 0) is 43.0 Å². The average molecular weight is 486 g/mol. The van der Waals surface area contributed by atoms with Gasteiger partial charge in [-0.1, -0.05) is 67.1 Å². The highest BCUT2D eigenvalue weighted by molar-refractivity contribution is 5.95. The van der Waals surface area contributed by atoms with Gasteiger partial charge >= 0.3 is 0 Å². The van der Waals surface area contributed by atoms with E-state index in [-0.39, 0.29) is 23.8 Å². The molecule has 188 valence electrons. The van der Waals surface area contributed by atoms with Crippen molar-refractivity contribution in [1.82, 2.24) is 15.2 Å². The van der Waals surface area contributed by atoms with Crippen molar-refractivity contribution in [3.63, 3.8) is 0 Å². The van der Waals surface area contributed by atoms with E-state index in [0.29, 0.717) is 18.9 Å². The zero-order valence-corrected chi connectivity index (χ0v) is 21.4. The molecule has 1 saturated heterocycles. The lowest BCUT2D eigenvalue weighted by Gasteiger charge is -2.38. The largest absolute Gasteiger partial charge is 0.357 e. The Labute approximate surface area is 213 Å². The number of nitrogens with one attached hydrogen (secondary N) is 2. The Morgan fingerprint density at radius 3 is 2.42 bits per heavy atom. The molecule has 3 atom stereocenters. The number of aryl methyl sites for hydroxylation is 1. The molecule has 1 aliphatic rings. The molecule has 7 nitrogen and oxygen atoms in total. The molecule has 1 aliphatic heterocycles. The minimum atomic E-state index is -0.518. The number of likely N-dealkylation sites (N-methyl/N-ethyl adjacent to an activating group) is 1. The van der Waals surface area contributed by atoms with E-state index < -0.39 is 6.04 Å². The van der Waals surface area contributed by atoms with Crippen molar-refractivity contribution in [1.29, 1.82) is 0 Å². The second-order valence-corrected chi connectivity index (χ2v) is 9.58. The van der Waals surface area contributed by atoms with E-state index in [1.165, 1.54) is 11.1 Å². The first-order valence-electron chi connectivity index (χ1n) is 12.5. The lowest BCUT2D eigenvalue weighted by molar-refractivity contribution is -0.132. The molecule has 0 unspecified atom stereocenters. The van der Waals surface area contributed by atoms with Crippen LogP contribution < -0.4 is 15.5 Å². The summed E-state index contributed by atoms with van der Waals surface area (Å²) in [4.78, 5) is 34.0. The van der Waals surface area contributed by atoms with Crippen molar-refractivity contribution < 1.29 is 9.59 Å². The summed E-state index contributed by atoms with van der Waals surface area (Å²) in [5.41, 5.74) is 4.22. The molecule has 2 amide bonds. The van der Waals surface area contributed by atoms with Crippen LogP contribution in [0.4, 0.5) is 11.5 Å². The Balaban J connectivity index is 1.44. The zero-order valence-electron chi connectivity index (χ0n) is 21.4. The third kappa shape index (κ3) is 5.91. The van der Waals surface area contributed by atoms with Crippen LogP contribution in [0.1, 0.15) is 42.5 Å². The molecule has 0 radical (unpaired) electrons. The number of hydrogen-bond donors (Lipinski definition) is 2. The highest BCUT2D eigenvalue weighted by Gasteiger charge is 2.29. The normalized spacial score (nSPS) is 17.6. The second kappa shape index (κ2) is 11.4. The van der Waals surface area contributed by atoms with Crippen molar-refractivity contribution in [2.75, 3.05) is 36.9 Å². The summed E-state index contributed by atoms with van der Waals surface area (Å²) >= 11 is 0. The van der Waals surface area contributed by atoms with Gasteiger partial charge in [0.1, 0.15) is 17.9 Å². The summed E-state index contributed by atoms with van der Waals surface area (Å²) in [6.45, 7) is 8.21. The lowest BCUT2D eigenvalue weighted by atomic mass is 9.98. The van der Waals surface area contributed by atoms with Crippen LogP contribution in [-0.4, -0.2) is 54.4 Å². The molecular weight excluding hydrogens is 450 g/mol. The summed E-state index contributed by atoms with van der Waals surface area (Å²) in [6.07, 6.45) is 1.72. The number of pyridine rings is 1. The SMILES string of the molecule is Cc1ccc([C@H](C)CN[C@@H](C(=O)Nc2ccc(N3CCN(C)C(=O)[C@@H]3C)cn2)c2ccccc2)cc1. The van der Waals surface area contributed by atoms with Crippen molar-refractivity contribution in [2.24, 2.45) is 0 Å². The van der Waals surface area contributed by atoms with Crippen LogP contribution in [0.3, 0.4) is 0 Å². The molecule has 1 aromatic heterocycles. The molecule has 2 N–H and O–H groups in total. The summed E-state index contributed by atoms with van der Waals surface area (Å²) in [5.74, 6) is 0.650. The van der Waals surface area contributed by atoms with E-state index in [2.05, 4.69) is 53.7 Å². The number of rotatable bonds is 8. The maximum atomic E-state index is 13.4. The van der Waals surface area contributed by atoms with Gasteiger partial charge in [-0.15, -0.1) is 0 Å². The standard InChI is InChI=1S/C29H35N5O2/c1-20-10-12-23(13-11-20)21(2)18-31-27(24-8-6-5-7-9-24)28(35)32-26-15-14-25(19-30-26)34-17-16-33(4)29(36)22(34)3/h5-15,19,21-22,27,31H,16-18H2,1-4H3,(H,30,32,35)/t21-,22+,27-/m1/s1. The van der Waals surface area contributed by atoms with E-state index in [9.17, 15) is 9.59 Å². The Morgan fingerprint density at radius 1 is 1.03 bits per heavy atom. The Morgan fingerprint density at radius 2 is 1.75 bits per heavy atom. The third-order valence-electron chi connectivity index (χ3n) is 6.88. The summed E-state index contributed by atoms with van der Waals surface area (Å²) in [7, 11) is 1.83. The fraction of sp³-hybridized carbons (Fsp3) is 0.345. The number of carbonyl (C=O) groups is 2. The molecular formula is C29H35N5O2. The molecule has 4 rings (SSSR count). The van der Waals surface area contributed by atoms with Crippen LogP contribution in [0, 0.1) is 6.92 Å². The van der Waals surface area contributed by atoms with E-state index in [4.69, 9.17) is 0 Å². The van der Waals surface area contributed by atoms with E-state index in [0.717, 1.165) is 17.8 Å². The van der Waals surface area contributed by atoms with Gasteiger partial charge in [0, 0.05) is 26.7 Å². The van der Waals surface area contributed by atoms with Gasteiger partial charge in [-0.3, -0.25) is 9.59 Å². The van der Waals surface area contributed by atoms with Crippen LogP contribution in [0.25, 0.3) is 0 Å². The number of carbonyl (C=O) groups excluding carboxylic acids is 2. The molecule has 0 spiro atoms. The smallest absolute Gasteiger partial charge is 0.247 e. The molecule has 2 heterocycles. The van der Waals surface area contributed by atoms with Crippen molar-refractivity contribution in [3.05, 3.63) is 89.6 Å². The van der Waals surface area contributed by atoms with Crippen LogP contribution in [0.15, 0.2) is 72.9 Å². The maximum Gasteiger partial charge on any atom is 0.247 e. The van der Waals surface area contributed by atoms with Crippen molar-refractivity contribution in [2.45, 2.75) is 38.8 Å². The average Bonchev–Trinajstić information content (AvgIpc) is 2.89. The number of aromatic nitrogens is 1. The van der Waals surface area contributed by atoms with Gasteiger partial charge in [0.25, 0.3) is 0 Å².